The molecule has 6 nitrogen and oxygen atoms in total. The monoisotopic (exact) mass is 397 g/mol. The Labute approximate surface area is 164 Å². The van der Waals surface area contributed by atoms with Gasteiger partial charge in [0.1, 0.15) is 11.6 Å². The third kappa shape index (κ3) is 3.06. The van der Waals surface area contributed by atoms with E-state index in [0.717, 1.165) is 5.69 Å². The number of hydrogen-bond donors (Lipinski definition) is 1. The highest BCUT2D eigenvalue weighted by molar-refractivity contribution is 5.98. The van der Waals surface area contributed by atoms with E-state index >= 15 is 0 Å². The van der Waals surface area contributed by atoms with Gasteiger partial charge in [-0.1, -0.05) is 13.8 Å². The van der Waals surface area contributed by atoms with Crippen LogP contribution in [0.3, 0.4) is 0 Å². The minimum atomic E-state index is -1.32. The molecule has 8 heteroatoms. The van der Waals surface area contributed by atoms with Crippen LogP contribution in [0.4, 0.5) is 8.78 Å². The Balaban J connectivity index is 2.12. The van der Waals surface area contributed by atoms with Gasteiger partial charge in [0, 0.05) is 16.8 Å². The van der Waals surface area contributed by atoms with Gasteiger partial charge in [0.25, 0.3) is 11.7 Å². The Morgan fingerprint density at radius 1 is 1.17 bits per heavy atom. The molecule has 2 heterocycles. The van der Waals surface area contributed by atoms with E-state index in [1.807, 2.05) is 18.4 Å². The second-order valence-electron chi connectivity index (χ2n) is 7.07. The number of carboxylic acids is 1. The molecule has 0 bridgehead atoms. The van der Waals surface area contributed by atoms with Crippen LogP contribution in [0.15, 0.2) is 40.9 Å². The zero-order valence-corrected chi connectivity index (χ0v) is 15.9. The number of fused-ring (bicyclic) bond motifs is 1. The molecular formula is C21H17F2N3O3. The Bertz CT molecular complexity index is 1260. The first kappa shape index (κ1) is 18.8. The van der Waals surface area contributed by atoms with E-state index in [0.29, 0.717) is 27.7 Å². The molecule has 1 N–H and O–H groups in total. The predicted octanol–water partition coefficient (Wildman–Crippen LogP) is 5.09. The summed E-state index contributed by atoms with van der Waals surface area (Å²) in [6.45, 7) is 5.54. The maximum absolute atomic E-state index is 14.1. The molecule has 0 saturated carbocycles. The summed E-state index contributed by atoms with van der Waals surface area (Å²) < 4.78 is 35.0. The maximum Gasteiger partial charge on any atom is 0.377 e. The molecular weight excluding hydrogens is 380 g/mol. The normalized spacial score (nSPS) is 11.5. The molecule has 29 heavy (non-hydrogen) atoms. The van der Waals surface area contributed by atoms with Crippen LogP contribution in [-0.2, 0) is 0 Å². The van der Waals surface area contributed by atoms with Crippen molar-refractivity contribution in [1.29, 1.82) is 0 Å². The molecule has 148 valence electrons. The van der Waals surface area contributed by atoms with Gasteiger partial charge in [0.2, 0.25) is 0 Å². The number of aromatic nitrogens is 3. The summed E-state index contributed by atoms with van der Waals surface area (Å²) in [5.74, 6) is -2.69. The average Bonchev–Trinajstić information content (AvgIpc) is 3.26. The molecule has 0 radical (unpaired) electrons. The van der Waals surface area contributed by atoms with Crippen molar-refractivity contribution in [1.82, 2.24) is 14.7 Å². The number of rotatable bonds is 4. The Morgan fingerprint density at radius 3 is 2.55 bits per heavy atom. The summed E-state index contributed by atoms with van der Waals surface area (Å²) in [6.07, 6.45) is 0. The highest BCUT2D eigenvalue weighted by Gasteiger charge is 2.27. The van der Waals surface area contributed by atoms with Gasteiger partial charge in [-0.3, -0.25) is 0 Å². The average molecular weight is 397 g/mol. The molecule has 0 atom stereocenters. The highest BCUT2D eigenvalue weighted by atomic mass is 19.1. The molecule has 0 aliphatic rings. The van der Waals surface area contributed by atoms with Crippen LogP contribution in [0, 0.1) is 18.6 Å². The Hall–Kier alpha value is -3.55. The lowest BCUT2D eigenvalue weighted by molar-refractivity contribution is 0.0680. The lowest BCUT2D eigenvalue weighted by atomic mass is 10.0. The van der Waals surface area contributed by atoms with Crippen molar-refractivity contribution in [2.75, 3.05) is 0 Å². The molecule has 0 amide bonds. The third-order valence-electron chi connectivity index (χ3n) is 4.74. The van der Waals surface area contributed by atoms with Crippen molar-refractivity contribution in [3.63, 3.8) is 0 Å². The Kier molecular flexibility index (Phi) is 4.41. The summed E-state index contributed by atoms with van der Waals surface area (Å²) in [4.78, 5) is 15.2. The molecule has 0 aliphatic heterocycles. The molecule has 4 rings (SSSR count). The van der Waals surface area contributed by atoms with Gasteiger partial charge < -0.3 is 14.2 Å². The number of nitrogens with zero attached hydrogens (tertiary/aromatic N) is 3. The molecule has 0 saturated heterocycles. The van der Waals surface area contributed by atoms with Crippen LogP contribution >= 0.6 is 0 Å². The number of aromatic carboxylic acids is 1. The van der Waals surface area contributed by atoms with Gasteiger partial charge in [-0.15, -0.1) is 0 Å². The van der Waals surface area contributed by atoms with Crippen molar-refractivity contribution in [2.24, 2.45) is 0 Å². The van der Waals surface area contributed by atoms with Gasteiger partial charge in [-0.05, 0) is 60.0 Å². The van der Waals surface area contributed by atoms with Crippen LogP contribution in [0.5, 0.6) is 0 Å². The van der Waals surface area contributed by atoms with E-state index in [1.54, 1.807) is 25.1 Å². The minimum absolute atomic E-state index is 0.0146. The highest BCUT2D eigenvalue weighted by Crippen LogP contribution is 2.40. The largest absolute Gasteiger partial charge is 0.475 e. The van der Waals surface area contributed by atoms with Crippen LogP contribution < -0.4 is 0 Å². The fourth-order valence-electron chi connectivity index (χ4n) is 3.51. The number of carbonyl (C=O) groups is 1. The zero-order chi connectivity index (χ0) is 20.9. The summed E-state index contributed by atoms with van der Waals surface area (Å²) in [7, 11) is 0. The number of aryl methyl sites for hydroxylation is 1. The smallest absolute Gasteiger partial charge is 0.377 e. The van der Waals surface area contributed by atoms with E-state index in [-0.39, 0.29) is 17.6 Å². The number of halogens is 2. The SMILES string of the molecule is Cc1cc(-n2c(C(C)C)c(-c3nc(C(=O)O)no3)c3cc(F)ccc32)ccc1F. The van der Waals surface area contributed by atoms with Gasteiger partial charge in [0.05, 0.1) is 11.1 Å². The van der Waals surface area contributed by atoms with E-state index in [9.17, 15) is 13.6 Å². The predicted molar refractivity (Wildman–Crippen MR) is 102 cm³/mol. The van der Waals surface area contributed by atoms with Gasteiger partial charge in [-0.25, -0.2) is 13.6 Å². The lowest BCUT2D eigenvalue weighted by Gasteiger charge is -2.15. The molecule has 0 fully saturated rings. The minimum Gasteiger partial charge on any atom is -0.475 e. The molecule has 4 aromatic rings. The van der Waals surface area contributed by atoms with Gasteiger partial charge in [-0.2, -0.15) is 4.98 Å². The van der Waals surface area contributed by atoms with Crippen LogP contribution in [0.2, 0.25) is 0 Å². The van der Waals surface area contributed by atoms with Crippen molar-refractivity contribution in [3.8, 4) is 17.1 Å². The fourth-order valence-corrected chi connectivity index (χ4v) is 3.51. The second kappa shape index (κ2) is 6.80. The molecule has 2 aromatic heterocycles. The summed E-state index contributed by atoms with van der Waals surface area (Å²) in [5, 5.41) is 13.1. The standard InChI is InChI=1S/C21H17F2N3O3/c1-10(2)18-17(20-24-19(21(27)28)25-29-20)14-9-12(22)4-7-16(14)26(18)13-5-6-15(23)11(3)8-13/h4-10H,1-3H3,(H,27,28). The number of hydrogen-bond acceptors (Lipinski definition) is 4. The van der Waals surface area contributed by atoms with Crippen molar-refractivity contribution >= 4 is 16.9 Å². The number of carboxylic acid groups (broad SMARTS) is 1. The first-order valence-electron chi connectivity index (χ1n) is 8.95. The third-order valence-corrected chi connectivity index (χ3v) is 4.74. The lowest BCUT2D eigenvalue weighted by Crippen LogP contribution is -2.04. The van der Waals surface area contributed by atoms with E-state index in [2.05, 4.69) is 10.1 Å². The van der Waals surface area contributed by atoms with Crippen LogP contribution in [0.25, 0.3) is 28.0 Å². The first-order chi connectivity index (χ1) is 13.8. The van der Waals surface area contributed by atoms with Crippen LogP contribution in [0.1, 0.15) is 41.6 Å². The first-order valence-corrected chi connectivity index (χ1v) is 8.95. The quantitative estimate of drug-likeness (QED) is 0.519. The van der Waals surface area contributed by atoms with E-state index in [1.165, 1.54) is 18.2 Å². The van der Waals surface area contributed by atoms with Crippen molar-refractivity contribution in [3.05, 3.63) is 65.1 Å². The zero-order valence-electron chi connectivity index (χ0n) is 15.9. The second-order valence-corrected chi connectivity index (χ2v) is 7.07. The summed E-state index contributed by atoms with van der Waals surface area (Å²) in [5.41, 5.74) is 2.99. The van der Waals surface area contributed by atoms with E-state index < -0.39 is 17.6 Å². The van der Waals surface area contributed by atoms with Crippen molar-refractivity contribution in [2.45, 2.75) is 26.7 Å². The van der Waals surface area contributed by atoms with Gasteiger partial charge >= 0.3 is 5.97 Å². The van der Waals surface area contributed by atoms with Gasteiger partial charge in [0.15, 0.2) is 0 Å². The van der Waals surface area contributed by atoms with Crippen molar-refractivity contribution < 1.29 is 23.2 Å². The summed E-state index contributed by atoms with van der Waals surface area (Å²) in [6, 6.07) is 9.00. The van der Waals surface area contributed by atoms with E-state index in [4.69, 9.17) is 9.63 Å². The number of benzene rings is 2. The molecule has 2 aromatic carbocycles. The maximum atomic E-state index is 14.1. The topological polar surface area (TPSA) is 81.2 Å². The molecule has 0 unspecified atom stereocenters. The molecule has 0 aliphatic carbocycles. The molecule has 0 spiro atoms. The van der Waals surface area contributed by atoms with Crippen LogP contribution in [-0.4, -0.2) is 25.8 Å². The summed E-state index contributed by atoms with van der Waals surface area (Å²) >= 11 is 0. The Morgan fingerprint density at radius 2 is 1.93 bits per heavy atom. The fraction of sp³-hybridized carbons (Fsp3) is 0.190.